The van der Waals surface area contributed by atoms with E-state index in [1.54, 1.807) is 12.1 Å². The third-order valence-corrected chi connectivity index (χ3v) is 9.54. The number of hydrogen-bond acceptors (Lipinski definition) is 6. The Morgan fingerprint density at radius 1 is 0.812 bits per heavy atom. The van der Waals surface area contributed by atoms with E-state index in [0.717, 1.165) is 0 Å². The highest BCUT2D eigenvalue weighted by molar-refractivity contribution is 8.25. The minimum Gasteiger partial charge on any atom is -0.226 e. The van der Waals surface area contributed by atoms with Gasteiger partial charge < -0.3 is 0 Å². The van der Waals surface area contributed by atoms with E-state index in [4.69, 9.17) is 10.5 Å². The molecule has 88 valence electrons. The summed E-state index contributed by atoms with van der Waals surface area (Å²) < 4.78 is 43.4. The minimum atomic E-state index is -3.71. The molecule has 1 aliphatic heterocycles. The van der Waals surface area contributed by atoms with Crippen molar-refractivity contribution in [3.63, 3.8) is 0 Å². The molecule has 0 bridgehead atoms. The molecule has 1 aliphatic rings. The molecule has 1 rings (SSSR count). The van der Waals surface area contributed by atoms with E-state index in [0.29, 0.717) is 0 Å². The van der Waals surface area contributed by atoms with E-state index in [1.165, 1.54) is 0 Å². The van der Waals surface area contributed by atoms with Gasteiger partial charge >= 0.3 is 0 Å². The van der Waals surface area contributed by atoms with Crippen LogP contribution in [0, 0.1) is 22.7 Å². The standard InChI is InChI=1S/C8H10N2O4S2/c9-5-1-3-7-15(11,12)8(4-2-6-10)16(7,13)14/h7-8H,1-4H2. The Bertz CT molecular complexity index is 478. The van der Waals surface area contributed by atoms with Gasteiger partial charge in [-0.3, -0.25) is 0 Å². The number of nitrogens with zero attached hydrogens (tertiary/aromatic N) is 2. The van der Waals surface area contributed by atoms with Crippen LogP contribution in [0.1, 0.15) is 25.7 Å². The zero-order valence-electron chi connectivity index (χ0n) is 8.33. The molecule has 0 saturated carbocycles. The normalized spacial score (nSPS) is 29.6. The van der Waals surface area contributed by atoms with Crippen LogP contribution in [-0.4, -0.2) is 26.0 Å². The summed E-state index contributed by atoms with van der Waals surface area (Å²) in [6.45, 7) is 0. The molecule has 0 N–H and O–H groups in total. The molecular weight excluding hydrogens is 252 g/mol. The van der Waals surface area contributed by atoms with E-state index in [1.807, 2.05) is 0 Å². The molecule has 6 nitrogen and oxygen atoms in total. The first-order valence-electron chi connectivity index (χ1n) is 4.58. The molecule has 16 heavy (non-hydrogen) atoms. The first kappa shape index (κ1) is 12.9. The summed E-state index contributed by atoms with van der Waals surface area (Å²) in [4.78, 5) is 0. The van der Waals surface area contributed by atoms with Crippen LogP contribution in [0.4, 0.5) is 0 Å². The van der Waals surface area contributed by atoms with E-state index < -0.39 is 28.8 Å². The fourth-order valence-electron chi connectivity index (χ4n) is 1.68. The molecule has 0 aromatic heterocycles. The molecule has 0 unspecified atom stereocenters. The summed E-state index contributed by atoms with van der Waals surface area (Å²) in [6.07, 6.45) is -0.559. The molecule has 1 heterocycles. The van der Waals surface area contributed by atoms with Crippen LogP contribution < -0.4 is 0 Å². The lowest BCUT2D eigenvalue weighted by molar-refractivity contribution is 0.536. The van der Waals surface area contributed by atoms with Crippen molar-refractivity contribution < 1.29 is 16.8 Å². The van der Waals surface area contributed by atoms with Crippen molar-refractivity contribution in [1.29, 1.82) is 10.5 Å². The Hall–Kier alpha value is -1.12. The van der Waals surface area contributed by atoms with Crippen LogP contribution >= 0.6 is 0 Å². The molecule has 0 atom stereocenters. The molecule has 8 heteroatoms. The third-order valence-electron chi connectivity index (χ3n) is 2.45. The molecule has 1 saturated heterocycles. The van der Waals surface area contributed by atoms with Gasteiger partial charge in [-0.2, -0.15) is 10.5 Å². The average Bonchev–Trinajstić information content (AvgIpc) is 2.17. The smallest absolute Gasteiger partial charge is 0.184 e. The van der Waals surface area contributed by atoms with Crippen molar-refractivity contribution in [2.75, 3.05) is 0 Å². The summed E-state index contributed by atoms with van der Waals surface area (Å²) in [5, 5.41) is 16.6. The third kappa shape index (κ3) is 1.91. The maximum Gasteiger partial charge on any atom is 0.184 e. The maximum atomic E-state index is 11.6. The van der Waals surface area contributed by atoms with Crippen LogP contribution in [-0.2, 0) is 19.7 Å². The van der Waals surface area contributed by atoms with Gasteiger partial charge in [0.15, 0.2) is 28.8 Å². The van der Waals surface area contributed by atoms with Gasteiger partial charge in [0, 0.05) is 12.8 Å². The molecule has 0 amide bonds. The van der Waals surface area contributed by atoms with Crippen molar-refractivity contribution in [2.45, 2.75) is 34.8 Å². The Morgan fingerprint density at radius 2 is 1.12 bits per heavy atom. The highest BCUT2D eigenvalue weighted by Crippen LogP contribution is 2.39. The molecule has 0 radical (unpaired) electrons. The van der Waals surface area contributed by atoms with Crippen molar-refractivity contribution in [3.05, 3.63) is 0 Å². The molecule has 0 aromatic carbocycles. The monoisotopic (exact) mass is 262 g/mol. The van der Waals surface area contributed by atoms with Gasteiger partial charge in [-0.05, 0) is 12.8 Å². The Kier molecular flexibility index (Phi) is 3.56. The average molecular weight is 262 g/mol. The van der Waals surface area contributed by atoms with Crippen LogP contribution in [0.25, 0.3) is 0 Å². The molecular formula is C8H10N2O4S2. The number of nitriles is 2. The molecule has 0 spiro atoms. The van der Waals surface area contributed by atoms with Gasteiger partial charge in [0.1, 0.15) is 0 Å². The lowest BCUT2D eigenvalue weighted by atomic mass is 10.4. The largest absolute Gasteiger partial charge is 0.226 e. The molecule has 1 fully saturated rings. The minimum absolute atomic E-state index is 0.103. The van der Waals surface area contributed by atoms with E-state index in [9.17, 15) is 16.8 Å². The van der Waals surface area contributed by atoms with Crippen LogP contribution in [0.3, 0.4) is 0 Å². The first-order valence-corrected chi connectivity index (χ1v) is 7.80. The zero-order valence-corrected chi connectivity index (χ0v) is 9.96. The molecule has 0 aromatic rings. The van der Waals surface area contributed by atoms with Crippen molar-refractivity contribution in [3.8, 4) is 12.1 Å². The molecule has 0 aliphatic carbocycles. The number of hydrogen-bond donors (Lipinski definition) is 0. The second-order valence-corrected chi connectivity index (χ2v) is 8.66. The fourth-order valence-corrected chi connectivity index (χ4v) is 7.92. The Balaban J connectivity index is 2.89. The number of sulfone groups is 2. The van der Waals surface area contributed by atoms with Gasteiger partial charge in [0.2, 0.25) is 0 Å². The van der Waals surface area contributed by atoms with Crippen LogP contribution in [0.2, 0.25) is 0 Å². The van der Waals surface area contributed by atoms with Gasteiger partial charge in [-0.1, -0.05) is 0 Å². The zero-order chi connectivity index (χ0) is 12.4. The first-order chi connectivity index (χ1) is 7.39. The topological polar surface area (TPSA) is 116 Å². The van der Waals surface area contributed by atoms with Gasteiger partial charge in [-0.15, -0.1) is 0 Å². The Labute approximate surface area is 94.3 Å². The highest BCUT2D eigenvalue weighted by atomic mass is 32.3. The maximum absolute atomic E-state index is 11.6. The van der Waals surface area contributed by atoms with E-state index in [2.05, 4.69) is 0 Å². The van der Waals surface area contributed by atoms with Crippen LogP contribution in [0.5, 0.6) is 0 Å². The second-order valence-electron chi connectivity index (χ2n) is 3.43. The van der Waals surface area contributed by atoms with Crippen molar-refractivity contribution in [1.82, 2.24) is 0 Å². The van der Waals surface area contributed by atoms with Gasteiger partial charge in [0.05, 0.1) is 12.1 Å². The summed E-state index contributed by atoms with van der Waals surface area (Å²) in [7, 11) is -7.41. The van der Waals surface area contributed by atoms with E-state index >= 15 is 0 Å². The van der Waals surface area contributed by atoms with Crippen molar-refractivity contribution >= 4 is 19.7 Å². The quantitative estimate of drug-likeness (QED) is 0.708. The highest BCUT2D eigenvalue weighted by Gasteiger charge is 2.59. The van der Waals surface area contributed by atoms with Gasteiger partial charge in [-0.25, -0.2) is 16.8 Å². The lowest BCUT2D eigenvalue weighted by Crippen LogP contribution is -2.55. The second kappa shape index (κ2) is 4.40. The fraction of sp³-hybridized carbons (Fsp3) is 0.750. The summed E-state index contributed by atoms with van der Waals surface area (Å²) in [6, 6.07) is 3.44. The summed E-state index contributed by atoms with van der Waals surface area (Å²) in [5.41, 5.74) is 0. The predicted octanol–water partition coefficient (Wildman–Crippen LogP) is 0.0894. The summed E-state index contributed by atoms with van der Waals surface area (Å²) >= 11 is 0. The SMILES string of the molecule is N#CCCC1S(=O)(=O)C(CCC#N)S1(=O)=O. The summed E-state index contributed by atoms with van der Waals surface area (Å²) in [5.74, 6) is 0. The van der Waals surface area contributed by atoms with Gasteiger partial charge in [0.25, 0.3) is 0 Å². The van der Waals surface area contributed by atoms with E-state index in [-0.39, 0.29) is 25.7 Å². The van der Waals surface area contributed by atoms with Crippen molar-refractivity contribution in [2.24, 2.45) is 0 Å². The lowest BCUT2D eigenvalue weighted by Gasteiger charge is -2.34. The predicted molar refractivity (Wildman–Crippen MR) is 55.1 cm³/mol. The number of rotatable bonds is 4. The van der Waals surface area contributed by atoms with Crippen LogP contribution in [0.15, 0.2) is 0 Å². The Morgan fingerprint density at radius 3 is 1.38 bits per heavy atom.